The van der Waals surface area contributed by atoms with Gasteiger partial charge in [-0.1, -0.05) is 24.6 Å². The molecule has 0 saturated heterocycles. The summed E-state index contributed by atoms with van der Waals surface area (Å²) in [6.07, 6.45) is 0.878. The Balaban J connectivity index is 2.14. The SMILES string of the molecule is CCCOc1c(Cl)cc(CNc2cccc(C(=O)O)c2)cc1OC. The number of carboxylic acids is 1. The molecular weight excluding hydrogens is 330 g/mol. The van der Waals surface area contributed by atoms with E-state index in [2.05, 4.69) is 5.32 Å². The number of methoxy groups -OCH3 is 1. The summed E-state index contributed by atoms with van der Waals surface area (Å²) >= 11 is 6.29. The number of rotatable bonds is 8. The fourth-order valence-corrected chi connectivity index (χ4v) is 2.47. The highest BCUT2D eigenvalue weighted by atomic mass is 35.5. The smallest absolute Gasteiger partial charge is 0.335 e. The predicted molar refractivity (Wildman–Crippen MR) is 94.5 cm³/mol. The van der Waals surface area contributed by atoms with Gasteiger partial charge < -0.3 is 19.9 Å². The zero-order valence-corrected chi connectivity index (χ0v) is 14.4. The molecule has 0 unspecified atom stereocenters. The first-order valence-corrected chi connectivity index (χ1v) is 7.99. The third-order valence-electron chi connectivity index (χ3n) is 3.35. The van der Waals surface area contributed by atoms with Crippen molar-refractivity contribution in [3.8, 4) is 11.5 Å². The van der Waals surface area contributed by atoms with Crippen LogP contribution in [0.5, 0.6) is 11.5 Å². The summed E-state index contributed by atoms with van der Waals surface area (Å²) in [5.74, 6) is 0.158. The van der Waals surface area contributed by atoms with Crippen molar-refractivity contribution in [3.63, 3.8) is 0 Å². The van der Waals surface area contributed by atoms with Crippen LogP contribution in [0, 0.1) is 0 Å². The molecule has 0 aromatic heterocycles. The molecule has 2 N–H and O–H groups in total. The second-order valence-electron chi connectivity index (χ2n) is 5.20. The van der Waals surface area contributed by atoms with E-state index in [0.29, 0.717) is 29.7 Å². The molecule has 0 aliphatic carbocycles. The molecule has 0 spiro atoms. The molecule has 0 amide bonds. The van der Waals surface area contributed by atoms with Crippen molar-refractivity contribution >= 4 is 23.3 Å². The highest BCUT2D eigenvalue weighted by molar-refractivity contribution is 6.32. The van der Waals surface area contributed by atoms with E-state index in [-0.39, 0.29) is 5.56 Å². The van der Waals surface area contributed by atoms with Gasteiger partial charge in [0, 0.05) is 12.2 Å². The van der Waals surface area contributed by atoms with Crippen molar-refractivity contribution in [1.82, 2.24) is 0 Å². The number of halogens is 1. The number of anilines is 1. The van der Waals surface area contributed by atoms with Crippen molar-refractivity contribution in [2.24, 2.45) is 0 Å². The molecule has 0 bridgehead atoms. The molecule has 0 aliphatic heterocycles. The van der Waals surface area contributed by atoms with E-state index in [0.717, 1.165) is 17.7 Å². The summed E-state index contributed by atoms with van der Waals surface area (Å²) in [5.41, 5.74) is 1.86. The maximum absolute atomic E-state index is 11.0. The molecule has 2 aromatic carbocycles. The summed E-state index contributed by atoms with van der Waals surface area (Å²) in [6.45, 7) is 3.06. The average Bonchev–Trinajstić information content (AvgIpc) is 2.58. The lowest BCUT2D eigenvalue weighted by Gasteiger charge is -2.14. The fraction of sp³-hybridized carbons (Fsp3) is 0.278. The fourth-order valence-electron chi connectivity index (χ4n) is 2.19. The van der Waals surface area contributed by atoms with Gasteiger partial charge in [0.1, 0.15) is 0 Å². The molecule has 0 atom stereocenters. The van der Waals surface area contributed by atoms with Crippen molar-refractivity contribution in [3.05, 3.63) is 52.5 Å². The number of carbonyl (C=O) groups is 1. The molecule has 24 heavy (non-hydrogen) atoms. The molecule has 128 valence electrons. The summed E-state index contributed by atoms with van der Waals surface area (Å²) in [6, 6.07) is 10.3. The molecule has 2 rings (SSSR count). The maximum Gasteiger partial charge on any atom is 0.335 e. The van der Waals surface area contributed by atoms with Gasteiger partial charge in [0.25, 0.3) is 0 Å². The average molecular weight is 350 g/mol. The Morgan fingerprint density at radius 1 is 1.29 bits per heavy atom. The van der Waals surface area contributed by atoms with Crippen LogP contribution in [-0.2, 0) is 6.54 Å². The van der Waals surface area contributed by atoms with Gasteiger partial charge in [0.05, 0.1) is 24.3 Å². The van der Waals surface area contributed by atoms with E-state index < -0.39 is 5.97 Å². The number of nitrogens with one attached hydrogen (secondary N) is 1. The van der Waals surface area contributed by atoms with Gasteiger partial charge in [0.2, 0.25) is 0 Å². The van der Waals surface area contributed by atoms with E-state index in [9.17, 15) is 4.79 Å². The Labute approximate surface area is 146 Å². The van der Waals surface area contributed by atoms with Gasteiger partial charge >= 0.3 is 5.97 Å². The number of hydrogen-bond acceptors (Lipinski definition) is 4. The number of ether oxygens (including phenoxy) is 2. The zero-order valence-electron chi connectivity index (χ0n) is 13.6. The van der Waals surface area contributed by atoms with Crippen LogP contribution in [0.25, 0.3) is 0 Å². The second-order valence-corrected chi connectivity index (χ2v) is 5.60. The van der Waals surface area contributed by atoms with Gasteiger partial charge in [-0.3, -0.25) is 0 Å². The van der Waals surface area contributed by atoms with Crippen LogP contribution in [0.15, 0.2) is 36.4 Å². The molecule has 0 radical (unpaired) electrons. The molecule has 6 heteroatoms. The Hall–Kier alpha value is -2.40. The third-order valence-corrected chi connectivity index (χ3v) is 3.63. The monoisotopic (exact) mass is 349 g/mol. The van der Waals surface area contributed by atoms with Crippen LogP contribution in [0.2, 0.25) is 5.02 Å². The van der Waals surface area contributed by atoms with E-state index in [1.165, 1.54) is 0 Å². The number of aromatic carboxylic acids is 1. The van der Waals surface area contributed by atoms with Crippen LogP contribution in [0.3, 0.4) is 0 Å². The van der Waals surface area contributed by atoms with Gasteiger partial charge in [-0.25, -0.2) is 4.79 Å². The highest BCUT2D eigenvalue weighted by Crippen LogP contribution is 2.36. The standard InChI is InChI=1S/C18H20ClNO4/c1-3-7-24-17-15(19)8-12(9-16(17)23-2)11-20-14-6-4-5-13(10-14)18(21)22/h4-6,8-10,20H,3,7,11H2,1-2H3,(H,21,22). The first-order chi connectivity index (χ1) is 11.5. The summed E-state index contributed by atoms with van der Waals surface area (Å²) in [4.78, 5) is 11.0. The lowest BCUT2D eigenvalue weighted by Crippen LogP contribution is -2.04. The minimum Gasteiger partial charge on any atom is -0.493 e. The minimum atomic E-state index is -0.958. The summed E-state index contributed by atoms with van der Waals surface area (Å²) < 4.78 is 11.0. The first-order valence-electron chi connectivity index (χ1n) is 7.61. The largest absolute Gasteiger partial charge is 0.493 e. The van der Waals surface area contributed by atoms with Crippen LogP contribution in [0.4, 0.5) is 5.69 Å². The van der Waals surface area contributed by atoms with E-state index in [1.807, 2.05) is 25.1 Å². The lowest BCUT2D eigenvalue weighted by molar-refractivity contribution is 0.0697. The van der Waals surface area contributed by atoms with E-state index >= 15 is 0 Å². The molecule has 0 heterocycles. The zero-order chi connectivity index (χ0) is 17.5. The third kappa shape index (κ3) is 4.55. The number of carboxylic acid groups (broad SMARTS) is 1. The van der Waals surface area contributed by atoms with Crippen LogP contribution in [0.1, 0.15) is 29.3 Å². The molecular formula is C18H20ClNO4. The van der Waals surface area contributed by atoms with E-state index in [4.69, 9.17) is 26.2 Å². The highest BCUT2D eigenvalue weighted by Gasteiger charge is 2.12. The quantitative estimate of drug-likeness (QED) is 0.737. The molecule has 0 fully saturated rings. The lowest BCUT2D eigenvalue weighted by atomic mass is 10.1. The molecule has 0 aliphatic rings. The van der Waals surface area contributed by atoms with Crippen LogP contribution in [-0.4, -0.2) is 24.8 Å². The van der Waals surface area contributed by atoms with Crippen molar-refractivity contribution in [1.29, 1.82) is 0 Å². The van der Waals surface area contributed by atoms with Gasteiger partial charge in [-0.15, -0.1) is 0 Å². The molecule has 2 aromatic rings. The summed E-state index contributed by atoms with van der Waals surface area (Å²) in [7, 11) is 1.57. The normalized spacial score (nSPS) is 10.3. The van der Waals surface area contributed by atoms with Crippen molar-refractivity contribution in [2.75, 3.05) is 19.0 Å². The summed E-state index contributed by atoms with van der Waals surface area (Å²) in [5, 5.41) is 12.7. The first kappa shape index (κ1) is 17.9. The van der Waals surface area contributed by atoms with Crippen LogP contribution >= 0.6 is 11.6 Å². The van der Waals surface area contributed by atoms with Crippen molar-refractivity contribution in [2.45, 2.75) is 19.9 Å². The Morgan fingerprint density at radius 2 is 2.08 bits per heavy atom. The molecule has 5 nitrogen and oxygen atoms in total. The second kappa shape index (κ2) is 8.45. The van der Waals surface area contributed by atoms with Crippen molar-refractivity contribution < 1.29 is 19.4 Å². The Morgan fingerprint density at radius 3 is 2.75 bits per heavy atom. The number of benzene rings is 2. The maximum atomic E-state index is 11.0. The van der Waals surface area contributed by atoms with E-state index in [1.54, 1.807) is 25.3 Å². The predicted octanol–water partition coefficient (Wildman–Crippen LogP) is 4.45. The van der Waals surface area contributed by atoms with Crippen LogP contribution < -0.4 is 14.8 Å². The number of hydrogen-bond donors (Lipinski definition) is 2. The van der Waals surface area contributed by atoms with Gasteiger partial charge in [-0.2, -0.15) is 0 Å². The Kier molecular flexibility index (Phi) is 6.32. The molecule has 0 saturated carbocycles. The minimum absolute atomic E-state index is 0.235. The van der Waals surface area contributed by atoms with Gasteiger partial charge in [-0.05, 0) is 42.3 Å². The van der Waals surface area contributed by atoms with Gasteiger partial charge in [0.15, 0.2) is 11.5 Å². The Bertz CT molecular complexity index is 718. The topological polar surface area (TPSA) is 67.8 Å².